The van der Waals surface area contributed by atoms with Crippen LogP contribution in [0, 0.1) is 6.92 Å². The maximum absolute atomic E-state index is 12.5. The van der Waals surface area contributed by atoms with Gasteiger partial charge in [0.2, 0.25) is 5.91 Å². The Hall–Kier alpha value is -4.33. The van der Waals surface area contributed by atoms with Crippen LogP contribution >= 0.6 is 0 Å². The molecule has 2 amide bonds. The fourth-order valence-electron chi connectivity index (χ4n) is 3.25. The second kappa shape index (κ2) is 13.5. The SMILES string of the molecule is C=C/C=C(\N/C(=C\CC(=O)Nc1ccc(C(=O)NC(C)C(=O)O)cc1)CC)c1ccc(C)c(OC)c1. The third-order valence-electron chi connectivity index (χ3n) is 5.36. The average molecular weight is 492 g/mol. The maximum atomic E-state index is 12.5. The van der Waals surface area contributed by atoms with Gasteiger partial charge in [0.05, 0.1) is 7.11 Å². The lowest BCUT2D eigenvalue weighted by Gasteiger charge is -2.15. The van der Waals surface area contributed by atoms with Crippen LogP contribution in [0.3, 0.4) is 0 Å². The normalized spacial score (nSPS) is 12.3. The van der Waals surface area contributed by atoms with Gasteiger partial charge in [-0.1, -0.05) is 37.8 Å². The molecule has 0 saturated carbocycles. The van der Waals surface area contributed by atoms with E-state index in [2.05, 4.69) is 22.5 Å². The summed E-state index contributed by atoms with van der Waals surface area (Å²) in [6.07, 6.45) is 6.22. The summed E-state index contributed by atoms with van der Waals surface area (Å²) in [6, 6.07) is 11.2. The van der Waals surface area contributed by atoms with Crippen molar-refractivity contribution in [1.29, 1.82) is 0 Å². The molecule has 8 heteroatoms. The largest absolute Gasteiger partial charge is 0.496 e. The molecule has 1 atom stereocenters. The minimum absolute atomic E-state index is 0.146. The Balaban J connectivity index is 2.03. The van der Waals surface area contributed by atoms with Crippen LogP contribution in [0.2, 0.25) is 0 Å². The summed E-state index contributed by atoms with van der Waals surface area (Å²) >= 11 is 0. The van der Waals surface area contributed by atoms with E-state index in [1.54, 1.807) is 25.3 Å². The zero-order chi connectivity index (χ0) is 26.7. The van der Waals surface area contributed by atoms with Gasteiger partial charge in [0.15, 0.2) is 0 Å². The highest BCUT2D eigenvalue weighted by Gasteiger charge is 2.15. The molecule has 0 heterocycles. The predicted molar refractivity (Wildman–Crippen MR) is 142 cm³/mol. The van der Waals surface area contributed by atoms with E-state index < -0.39 is 17.9 Å². The Bertz CT molecular complexity index is 1170. The van der Waals surface area contributed by atoms with Crippen molar-refractivity contribution < 1.29 is 24.2 Å². The molecule has 0 aliphatic rings. The van der Waals surface area contributed by atoms with Gasteiger partial charge in [-0.15, -0.1) is 0 Å². The van der Waals surface area contributed by atoms with Gasteiger partial charge < -0.3 is 25.8 Å². The van der Waals surface area contributed by atoms with Crippen LogP contribution in [-0.4, -0.2) is 36.0 Å². The Morgan fingerprint density at radius 2 is 1.78 bits per heavy atom. The van der Waals surface area contributed by atoms with Gasteiger partial charge in [0.25, 0.3) is 5.91 Å². The van der Waals surface area contributed by atoms with Crippen LogP contribution in [0.4, 0.5) is 5.69 Å². The van der Waals surface area contributed by atoms with Gasteiger partial charge in [-0.2, -0.15) is 0 Å². The number of nitrogens with one attached hydrogen (secondary N) is 3. The first-order chi connectivity index (χ1) is 17.2. The minimum Gasteiger partial charge on any atom is -0.496 e. The van der Waals surface area contributed by atoms with Crippen LogP contribution < -0.4 is 20.7 Å². The van der Waals surface area contributed by atoms with E-state index >= 15 is 0 Å². The van der Waals surface area contributed by atoms with E-state index in [4.69, 9.17) is 9.84 Å². The third-order valence-corrected chi connectivity index (χ3v) is 5.36. The van der Waals surface area contributed by atoms with Crippen molar-refractivity contribution in [2.75, 3.05) is 12.4 Å². The second-order valence-electron chi connectivity index (χ2n) is 8.07. The number of hydrogen-bond acceptors (Lipinski definition) is 5. The number of benzene rings is 2. The van der Waals surface area contributed by atoms with Gasteiger partial charge in [-0.25, -0.2) is 0 Å². The fraction of sp³-hybridized carbons (Fsp3) is 0.250. The number of rotatable bonds is 12. The third kappa shape index (κ3) is 8.16. The molecular weight excluding hydrogens is 458 g/mol. The van der Waals surface area contributed by atoms with E-state index in [0.717, 1.165) is 28.3 Å². The van der Waals surface area contributed by atoms with Gasteiger partial charge in [0.1, 0.15) is 11.8 Å². The zero-order valence-corrected chi connectivity index (χ0v) is 21.1. The molecular formula is C28H33N3O5. The first-order valence-corrected chi connectivity index (χ1v) is 11.6. The number of amides is 2. The molecule has 0 aliphatic carbocycles. The van der Waals surface area contributed by atoms with Crippen LogP contribution in [0.1, 0.15) is 48.2 Å². The first-order valence-electron chi connectivity index (χ1n) is 11.6. The number of carboxylic acid groups (broad SMARTS) is 1. The van der Waals surface area contributed by atoms with E-state index in [0.29, 0.717) is 17.7 Å². The van der Waals surface area contributed by atoms with Crippen molar-refractivity contribution in [3.8, 4) is 5.75 Å². The standard InChI is InChI=1S/C28H33N3O5/c1-6-8-24(21-10-9-18(3)25(17-21)36-5)30-22(7-2)15-16-26(32)31-23-13-11-20(12-14-23)27(33)29-19(4)28(34)35/h6,8-15,17,19,30H,1,7,16H2,2-5H3,(H,29,33)(H,31,32)(H,34,35)/b22-15-,24-8-. The number of aliphatic carboxylic acids is 1. The molecule has 0 saturated heterocycles. The summed E-state index contributed by atoms with van der Waals surface area (Å²) < 4.78 is 5.43. The zero-order valence-electron chi connectivity index (χ0n) is 21.1. The second-order valence-corrected chi connectivity index (χ2v) is 8.07. The molecule has 1 unspecified atom stereocenters. The quantitative estimate of drug-likeness (QED) is 0.321. The lowest BCUT2D eigenvalue weighted by Crippen LogP contribution is -2.38. The van der Waals surface area contributed by atoms with Crippen molar-refractivity contribution in [3.63, 3.8) is 0 Å². The molecule has 2 aromatic carbocycles. The maximum Gasteiger partial charge on any atom is 0.325 e. The number of allylic oxidation sites excluding steroid dienone is 3. The van der Waals surface area contributed by atoms with Gasteiger partial charge in [-0.05, 0) is 62.2 Å². The van der Waals surface area contributed by atoms with E-state index in [-0.39, 0.29) is 12.3 Å². The fourth-order valence-corrected chi connectivity index (χ4v) is 3.25. The van der Waals surface area contributed by atoms with E-state index in [1.165, 1.54) is 19.1 Å². The van der Waals surface area contributed by atoms with Crippen molar-refractivity contribution >= 4 is 29.2 Å². The van der Waals surface area contributed by atoms with Crippen molar-refractivity contribution in [2.45, 2.75) is 39.7 Å². The summed E-state index contributed by atoms with van der Waals surface area (Å²) in [5.74, 6) is -1.05. The number of carbonyl (C=O) groups excluding carboxylic acids is 2. The lowest BCUT2D eigenvalue weighted by atomic mass is 10.1. The Morgan fingerprint density at radius 1 is 1.11 bits per heavy atom. The minimum atomic E-state index is -1.12. The molecule has 190 valence electrons. The number of methoxy groups -OCH3 is 1. The van der Waals surface area contributed by atoms with Gasteiger partial charge in [-0.3, -0.25) is 14.4 Å². The molecule has 0 fully saturated rings. The topological polar surface area (TPSA) is 117 Å². The van der Waals surface area contributed by atoms with Crippen LogP contribution in [0.15, 0.2) is 73.0 Å². The Labute approximate surface area is 211 Å². The number of hydrogen-bond donors (Lipinski definition) is 4. The summed E-state index contributed by atoms with van der Waals surface area (Å²) in [4.78, 5) is 35.5. The number of ether oxygens (including phenoxy) is 1. The summed E-state index contributed by atoms with van der Waals surface area (Å²) in [7, 11) is 1.63. The van der Waals surface area contributed by atoms with Crippen LogP contribution in [0.25, 0.3) is 5.70 Å². The summed E-state index contributed by atoms with van der Waals surface area (Å²) in [6.45, 7) is 9.15. The number of anilines is 1. The Morgan fingerprint density at radius 3 is 2.36 bits per heavy atom. The van der Waals surface area contributed by atoms with Crippen molar-refractivity contribution in [2.24, 2.45) is 0 Å². The summed E-state index contributed by atoms with van der Waals surface area (Å²) in [5.41, 5.74) is 4.50. The van der Waals surface area contributed by atoms with Crippen LogP contribution in [0.5, 0.6) is 5.75 Å². The lowest BCUT2D eigenvalue weighted by molar-refractivity contribution is -0.138. The highest BCUT2D eigenvalue weighted by atomic mass is 16.5. The number of carbonyl (C=O) groups is 3. The molecule has 0 spiro atoms. The number of aryl methyl sites for hydroxylation is 1. The molecule has 0 bridgehead atoms. The molecule has 0 aliphatic heterocycles. The van der Waals surface area contributed by atoms with Crippen LogP contribution in [-0.2, 0) is 9.59 Å². The molecule has 0 aromatic heterocycles. The molecule has 2 rings (SSSR count). The summed E-state index contributed by atoms with van der Waals surface area (Å²) in [5, 5.41) is 17.5. The smallest absolute Gasteiger partial charge is 0.325 e. The predicted octanol–water partition coefficient (Wildman–Crippen LogP) is 4.65. The van der Waals surface area contributed by atoms with E-state index in [1.807, 2.05) is 44.2 Å². The highest BCUT2D eigenvalue weighted by molar-refractivity contribution is 5.97. The first kappa shape index (κ1) is 27.9. The molecule has 8 nitrogen and oxygen atoms in total. The van der Waals surface area contributed by atoms with Gasteiger partial charge in [0, 0.05) is 34.6 Å². The average Bonchev–Trinajstić information content (AvgIpc) is 2.86. The molecule has 0 radical (unpaired) electrons. The monoisotopic (exact) mass is 491 g/mol. The molecule has 4 N–H and O–H groups in total. The van der Waals surface area contributed by atoms with Crippen molar-refractivity contribution in [3.05, 3.63) is 89.7 Å². The number of carboxylic acids is 1. The van der Waals surface area contributed by atoms with E-state index in [9.17, 15) is 14.4 Å². The molecule has 2 aromatic rings. The molecule has 36 heavy (non-hydrogen) atoms. The highest BCUT2D eigenvalue weighted by Crippen LogP contribution is 2.24. The van der Waals surface area contributed by atoms with Gasteiger partial charge >= 0.3 is 5.97 Å². The van der Waals surface area contributed by atoms with Crippen molar-refractivity contribution in [1.82, 2.24) is 10.6 Å². The Kier molecular flexibility index (Phi) is 10.5.